The summed E-state index contributed by atoms with van der Waals surface area (Å²) in [6.45, 7) is 5.82. The number of benzene rings is 1. The number of imidazole rings is 1. The van der Waals surface area contributed by atoms with Gasteiger partial charge in [0.1, 0.15) is 11.5 Å². The first-order chi connectivity index (χ1) is 15.8. The van der Waals surface area contributed by atoms with Gasteiger partial charge in [0.2, 0.25) is 5.91 Å². The molecule has 1 aromatic carbocycles. The lowest BCUT2D eigenvalue weighted by molar-refractivity contribution is -0.114. The second-order valence-electron chi connectivity index (χ2n) is 8.53. The molecule has 0 unspecified atom stereocenters. The Hall–Kier alpha value is -3.39. The Balaban J connectivity index is 1.79. The minimum absolute atomic E-state index is 0.0791. The number of hydrogen-bond donors (Lipinski definition) is 2. The van der Waals surface area contributed by atoms with Gasteiger partial charge in [-0.15, -0.1) is 0 Å². The lowest BCUT2D eigenvalue weighted by Crippen LogP contribution is -2.27. The number of anilines is 2. The summed E-state index contributed by atoms with van der Waals surface area (Å²) in [4.78, 5) is 32.9. The van der Waals surface area contributed by atoms with Crippen LogP contribution in [-0.2, 0) is 17.8 Å². The van der Waals surface area contributed by atoms with Gasteiger partial charge < -0.3 is 20.4 Å². The van der Waals surface area contributed by atoms with Crippen LogP contribution in [-0.4, -0.2) is 60.3 Å². The predicted octanol–water partition coefficient (Wildman–Crippen LogP) is 3.17. The quantitative estimate of drug-likeness (QED) is 0.464. The zero-order chi connectivity index (χ0) is 24.0. The van der Waals surface area contributed by atoms with Gasteiger partial charge in [0.05, 0.1) is 11.3 Å². The molecular weight excluding hydrogens is 416 g/mol. The topological polar surface area (TPSA) is 82.0 Å². The first-order valence-corrected chi connectivity index (χ1v) is 11.3. The molecule has 2 heterocycles. The summed E-state index contributed by atoms with van der Waals surface area (Å²) in [6.07, 6.45) is 3.56. The molecule has 0 atom stereocenters. The molecule has 0 saturated carbocycles. The van der Waals surface area contributed by atoms with Gasteiger partial charge in [0.25, 0.3) is 5.91 Å². The normalized spacial score (nSPS) is 11.1. The Bertz CT molecular complexity index is 1100. The summed E-state index contributed by atoms with van der Waals surface area (Å²) in [7, 11) is 6.07. The number of amides is 2. The van der Waals surface area contributed by atoms with Gasteiger partial charge in [-0.2, -0.15) is 0 Å². The molecule has 8 heteroatoms. The van der Waals surface area contributed by atoms with Crippen LogP contribution in [0.2, 0.25) is 0 Å². The van der Waals surface area contributed by atoms with E-state index in [1.807, 2.05) is 68.1 Å². The Kier molecular flexibility index (Phi) is 8.06. The molecule has 33 heavy (non-hydrogen) atoms. The largest absolute Gasteiger partial charge is 0.355 e. The highest BCUT2D eigenvalue weighted by molar-refractivity contribution is 5.94. The molecule has 0 aliphatic carbocycles. The van der Waals surface area contributed by atoms with Gasteiger partial charge >= 0.3 is 0 Å². The molecule has 0 saturated heterocycles. The van der Waals surface area contributed by atoms with E-state index in [1.54, 1.807) is 0 Å². The second kappa shape index (κ2) is 11.0. The molecule has 0 fully saturated rings. The number of hydrogen-bond acceptors (Lipinski definition) is 5. The number of carbonyl (C=O) groups excluding carboxylic acids is 2. The van der Waals surface area contributed by atoms with E-state index in [9.17, 15) is 9.59 Å². The first-order valence-electron chi connectivity index (χ1n) is 11.3. The molecule has 3 aromatic rings. The molecule has 0 bridgehead atoms. The van der Waals surface area contributed by atoms with Crippen LogP contribution in [0, 0.1) is 0 Å². The number of fused-ring (bicyclic) bond motifs is 1. The van der Waals surface area contributed by atoms with Crippen molar-refractivity contribution in [2.75, 3.05) is 44.4 Å². The van der Waals surface area contributed by atoms with E-state index in [1.165, 1.54) is 6.92 Å². The Morgan fingerprint density at radius 1 is 1.06 bits per heavy atom. The monoisotopic (exact) mass is 450 g/mol. The Labute approximate surface area is 195 Å². The van der Waals surface area contributed by atoms with Crippen molar-refractivity contribution < 1.29 is 9.59 Å². The Morgan fingerprint density at radius 3 is 2.42 bits per heavy atom. The van der Waals surface area contributed by atoms with Gasteiger partial charge in [0, 0.05) is 38.9 Å². The maximum Gasteiger partial charge on any atom is 0.252 e. The highest BCUT2D eigenvalue weighted by atomic mass is 16.2. The molecule has 0 aliphatic heterocycles. The van der Waals surface area contributed by atoms with E-state index in [2.05, 4.69) is 27.4 Å². The third kappa shape index (κ3) is 6.32. The van der Waals surface area contributed by atoms with E-state index in [0.717, 1.165) is 47.8 Å². The van der Waals surface area contributed by atoms with Crippen molar-refractivity contribution in [3.05, 3.63) is 59.4 Å². The standard InChI is InChI=1S/C25H34N6O2/c1-6-22-25(30(5)16-19-8-11-21(12-9-19)27-18(2)32)31-17-20(10-13-23(31)28-22)24(33)26-14-7-15-29(3)4/h8-13,17H,6-7,14-16H2,1-5H3,(H,26,33)(H,27,32). The summed E-state index contributed by atoms with van der Waals surface area (Å²) in [5.74, 6) is 0.806. The maximum atomic E-state index is 12.7. The lowest BCUT2D eigenvalue weighted by Gasteiger charge is -2.21. The molecule has 0 aliphatic rings. The SMILES string of the molecule is CCc1nc2ccc(C(=O)NCCCN(C)C)cn2c1N(C)Cc1ccc(NC(C)=O)cc1. The van der Waals surface area contributed by atoms with Crippen LogP contribution < -0.4 is 15.5 Å². The smallest absolute Gasteiger partial charge is 0.252 e. The van der Waals surface area contributed by atoms with E-state index in [0.29, 0.717) is 18.7 Å². The number of nitrogens with zero attached hydrogens (tertiary/aromatic N) is 4. The molecule has 2 amide bonds. The van der Waals surface area contributed by atoms with Crippen molar-refractivity contribution in [3.63, 3.8) is 0 Å². The van der Waals surface area contributed by atoms with Crippen molar-refractivity contribution in [1.82, 2.24) is 19.6 Å². The number of pyridine rings is 1. The van der Waals surface area contributed by atoms with Crippen LogP contribution in [0.1, 0.15) is 41.9 Å². The van der Waals surface area contributed by atoms with E-state index in [4.69, 9.17) is 4.98 Å². The van der Waals surface area contributed by atoms with E-state index in [-0.39, 0.29) is 11.8 Å². The van der Waals surface area contributed by atoms with Gasteiger partial charge in [0.15, 0.2) is 0 Å². The molecule has 2 aromatic heterocycles. The van der Waals surface area contributed by atoms with Crippen molar-refractivity contribution in [2.24, 2.45) is 0 Å². The van der Waals surface area contributed by atoms with Crippen LogP contribution >= 0.6 is 0 Å². The molecule has 176 valence electrons. The van der Waals surface area contributed by atoms with E-state index < -0.39 is 0 Å². The first kappa shape index (κ1) is 24.3. The van der Waals surface area contributed by atoms with Gasteiger partial charge in [-0.3, -0.25) is 14.0 Å². The summed E-state index contributed by atoms with van der Waals surface area (Å²) in [5, 5.41) is 5.79. The fourth-order valence-electron chi connectivity index (χ4n) is 3.80. The lowest BCUT2D eigenvalue weighted by atomic mass is 10.2. The zero-order valence-corrected chi connectivity index (χ0v) is 20.2. The van der Waals surface area contributed by atoms with E-state index >= 15 is 0 Å². The van der Waals surface area contributed by atoms with Crippen molar-refractivity contribution in [1.29, 1.82) is 0 Å². The number of carbonyl (C=O) groups is 2. The average molecular weight is 451 g/mol. The molecule has 8 nitrogen and oxygen atoms in total. The van der Waals surface area contributed by atoms with Crippen LogP contribution in [0.3, 0.4) is 0 Å². The predicted molar refractivity (Wildman–Crippen MR) is 133 cm³/mol. The van der Waals surface area contributed by atoms with Crippen LogP contribution in [0.25, 0.3) is 5.65 Å². The number of rotatable bonds is 10. The number of aryl methyl sites for hydroxylation is 1. The summed E-state index contributed by atoms with van der Waals surface area (Å²) in [5.41, 5.74) is 4.30. The van der Waals surface area contributed by atoms with Gasteiger partial charge in [-0.05, 0) is 63.3 Å². The molecular formula is C25H34N6O2. The maximum absolute atomic E-state index is 12.7. The van der Waals surface area contributed by atoms with Crippen molar-refractivity contribution in [2.45, 2.75) is 33.2 Å². The molecule has 0 radical (unpaired) electrons. The van der Waals surface area contributed by atoms with Gasteiger partial charge in [-0.1, -0.05) is 19.1 Å². The Morgan fingerprint density at radius 2 is 1.79 bits per heavy atom. The summed E-state index contributed by atoms with van der Waals surface area (Å²) in [6, 6.07) is 11.5. The fraction of sp³-hybridized carbons (Fsp3) is 0.400. The van der Waals surface area contributed by atoms with Crippen LogP contribution in [0.15, 0.2) is 42.6 Å². The minimum atomic E-state index is -0.0873. The third-order valence-electron chi connectivity index (χ3n) is 5.38. The average Bonchev–Trinajstić information content (AvgIpc) is 3.15. The number of nitrogens with one attached hydrogen (secondary N) is 2. The number of aromatic nitrogens is 2. The van der Waals surface area contributed by atoms with Crippen molar-refractivity contribution in [3.8, 4) is 0 Å². The zero-order valence-electron chi connectivity index (χ0n) is 20.2. The van der Waals surface area contributed by atoms with Gasteiger partial charge in [-0.25, -0.2) is 4.98 Å². The highest BCUT2D eigenvalue weighted by Gasteiger charge is 2.17. The molecule has 3 rings (SSSR count). The molecule has 0 spiro atoms. The summed E-state index contributed by atoms with van der Waals surface area (Å²) >= 11 is 0. The second-order valence-corrected chi connectivity index (χ2v) is 8.53. The summed E-state index contributed by atoms with van der Waals surface area (Å²) < 4.78 is 2.00. The molecule has 2 N–H and O–H groups in total. The fourth-order valence-corrected chi connectivity index (χ4v) is 3.80. The highest BCUT2D eigenvalue weighted by Crippen LogP contribution is 2.25. The van der Waals surface area contributed by atoms with Crippen LogP contribution in [0.5, 0.6) is 0 Å². The van der Waals surface area contributed by atoms with Crippen LogP contribution in [0.4, 0.5) is 11.5 Å². The third-order valence-corrected chi connectivity index (χ3v) is 5.38. The van der Waals surface area contributed by atoms with Crippen molar-refractivity contribution >= 4 is 29.0 Å². The minimum Gasteiger partial charge on any atom is -0.355 e.